The fourth-order valence-corrected chi connectivity index (χ4v) is 4.22. The average Bonchev–Trinajstić information content (AvgIpc) is 2.83. The second-order valence-corrected chi connectivity index (χ2v) is 10.1. The third-order valence-corrected chi connectivity index (χ3v) is 5.80. The number of anilines is 2. The molecule has 5 heteroatoms. The molecule has 0 spiro atoms. The molecule has 4 aromatic rings. The second-order valence-electron chi connectivity index (χ2n) is 10.1. The Morgan fingerprint density at radius 3 is 1.22 bits per heavy atom. The summed E-state index contributed by atoms with van der Waals surface area (Å²) in [4.78, 5) is 0. The Hall–Kier alpha value is -4.12. The van der Waals surface area contributed by atoms with Gasteiger partial charge in [-0.15, -0.1) is 0 Å². The lowest BCUT2D eigenvalue weighted by atomic mass is 9.99. The first kappa shape index (κ1) is 26.0. The molecule has 0 saturated carbocycles. The Morgan fingerprint density at radius 1 is 0.514 bits per heavy atom. The SMILES string of the molecule is CC(C)Cc1c(Oc2cccc(N)c2)cccc1Oc1cccc(Oc2cccc(N)c2)c1CC(C)C. The van der Waals surface area contributed by atoms with Crippen LogP contribution in [0.3, 0.4) is 0 Å². The maximum atomic E-state index is 6.64. The highest BCUT2D eigenvalue weighted by Crippen LogP contribution is 2.40. The molecule has 0 bridgehead atoms. The predicted molar refractivity (Wildman–Crippen MR) is 152 cm³/mol. The van der Waals surface area contributed by atoms with Gasteiger partial charge in [-0.05, 0) is 73.2 Å². The van der Waals surface area contributed by atoms with Gasteiger partial charge in [-0.2, -0.15) is 0 Å². The van der Waals surface area contributed by atoms with E-state index in [-0.39, 0.29) is 0 Å². The van der Waals surface area contributed by atoms with Gasteiger partial charge in [0.1, 0.15) is 34.5 Å². The van der Waals surface area contributed by atoms with Gasteiger partial charge in [-0.3, -0.25) is 0 Å². The summed E-state index contributed by atoms with van der Waals surface area (Å²) in [5.41, 5.74) is 15.3. The number of rotatable bonds is 10. The van der Waals surface area contributed by atoms with Crippen molar-refractivity contribution in [3.8, 4) is 34.5 Å². The molecular formula is C32H36N2O3. The molecule has 0 aliphatic rings. The zero-order valence-corrected chi connectivity index (χ0v) is 22.0. The highest BCUT2D eigenvalue weighted by atomic mass is 16.5. The van der Waals surface area contributed by atoms with Gasteiger partial charge < -0.3 is 25.7 Å². The summed E-state index contributed by atoms with van der Waals surface area (Å²) in [5, 5.41) is 0. The third-order valence-electron chi connectivity index (χ3n) is 5.80. The Bertz CT molecular complexity index is 1240. The molecule has 0 aromatic heterocycles. The minimum absolute atomic E-state index is 0.404. The van der Waals surface area contributed by atoms with Crippen LogP contribution in [0.1, 0.15) is 38.8 Å². The zero-order valence-electron chi connectivity index (χ0n) is 22.0. The fourth-order valence-electron chi connectivity index (χ4n) is 4.22. The lowest BCUT2D eigenvalue weighted by Crippen LogP contribution is -2.04. The fraction of sp³-hybridized carbons (Fsp3) is 0.250. The van der Waals surface area contributed by atoms with Crippen molar-refractivity contribution in [1.82, 2.24) is 0 Å². The molecular weight excluding hydrogens is 460 g/mol. The van der Waals surface area contributed by atoms with Gasteiger partial charge in [0.25, 0.3) is 0 Å². The largest absolute Gasteiger partial charge is 0.457 e. The van der Waals surface area contributed by atoms with Crippen molar-refractivity contribution in [3.63, 3.8) is 0 Å². The maximum Gasteiger partial charge on any atom is 0.134 e. The van der Waals surface area contributed by atoms with Gasteiger partial charge in [0, 0.05) is 34.6 Å². The van der Waals surface area contributed by atoms with Crippen molar-refractivity contribution in [3.05, 3.63) is 96.1 Å². The van der Waals surface area contributed by atoms with Gasteiger partial charge in [-0.25, -0.2) is 0 Å². The van der Waals surface area contributed by atoms with Crippen molar-refractivity contribution < 1.29 is 14.2 Å². The first-order valence-corrected chi connectivity index (χ1v) is 12.8. The van der Waals surface area contributed by atoms with Crippen LogP contribution < -0.4 is 25.7 Å². The minimum atomic E-state index is 0.404. The van der Waals surface area contributed by atoms with Gasteiger partial charge in [0.15, 0.2) is 0 Å². The standard InChI is InChI=1S/C32H36N2O3/c1-21(2)17-27-29(35-25-11-5-9-23(33)19-25)13-7-15-31(27)37-32-16-8-14-30(28(32)18-22(3)4)36-26-12-6-10-24(34)20-26/h5-16,19-22H,17-18,33-34H2,1-4H3. The molecule has 0 aliphatic heterocycles. The van der Waals surface area contributed by atoms with Crippen molar-refractivity contribution in [2.75, 3.05) is 11.5 Å². The van der Waals surface area contributed by atoms with Crippen LogP contribution in [-0.2, 0) is 12.8 Å². The first-order chi connectivity index (χ1) is 17.8. The topological polar surface area (TPSA) is 79.7 Å². The molecule has 0 heterocycles. The second kappa shape index (κ2) is 11.7. The van der Waals surface area contributed by atoms with Gasteiger partial charge >= 0.3 is 0 Å². The number of hydrogen-bond acceptors (Lipinski definition) is 5. The van der Waals surface area contributed by atoms with E-state index >= 15 is 0 Å². The van der Waals surface area contributed by atoms with E-state index in [1.165, 1.54) is 0 Å². The minimum Gasteiger partial charge on any atom is -0.457 e. The van der Waals surface area contributed by atoms with Crippen LogP contribution in [0.15, 0.2) is 84.9 Å². The highest BCUT2D eigenvalue weighted by Gasteiger charge is 2.18. The molecule has 4 N–H and O–H groups in total. The number of ether oxygens (including phenoxy) is 3. The molecule has 0 fully saturated rings. The van der Waals surface area contributed by atoms with E-state index in [4.69, 9.17) is 25.7 Å². The molecule has 4 aromatic carbocycles. The molecule has 0 aliphatic carbocycles. The molecule has 0 radical (unpaired) electrons. The number of nitrogen functional groups attached to an aromatic ring is 2. The van der Waals surface area contributed by atoms with Crippen molar-refractivity contribution in [2.45, 2.75) is 40.5 Å². The normalized spacial score (nSPS) is 11.1. The van der Waals surface area contributed by atoms with Gasteiger partial charge in [0.2, 0.25) is 0 Å². The molecule has 0 unspecified atom stereocenters. The van der Waals surface area contributed by atoms with E-state index in [1.54, 1.807) is 0 Å². The zero-order chi connectivity index (χ0) is 26.4. The van der Waals surface area contributed by atoms with Gasteiger partial charge in [0.05, 0.1) is 0 Å². The third kappa shape index (κ3) is 6.98. The quantitative estimate of drug-likeness (QED) is 0.215. The average molecular weight is 497 g/mol. The number of nitrogens with two attached hydrogens (primary N) is 2. The molecule has 0 amide bonds. The molecule has 0 saturated heterocycles. The number of benzene rings is 4. The van der Waals surface area contributed by atoms with Crippen LogP contribution in [0.2, 0.25) is 0 Å². The van der Waals surface area contributed by atoms with Crippen LogP contribution in [0.25, 0.3) is 0 Å². The van der Waals surface area contributed by atoms with Crippen LogP contribution >= 0.6 is 0 Å². The summed E-state index contributed by atoms with van der Waals surface area (Å²) in [6, 6.07) is 26.8. The summed E-state index contributed by atoms with van der Waals surface area (Å²) in [6.45, 7) is 8.74. The van der Waals surface area contributed by atoms with Crippen molar-refractivity contribution in [1.29, 1.82) is 0 Å². The van der Waals surface area contributed by atoms with Crippen molar-refractivity contribution in [2.24, 2.45) is 11.8 Å². The van der Waals surface area contributed by atoms with E-state index in [0.29, 0.717) is 34.7 Å². The Labute approximate surface area is 220 Å². The Kier molecular flexibility index (Phi) is 8.24. The van der Waals surface area contributed by atoms with E-state index in [2.05, 4.69) is 27.7 Å². The van der Waals surface area contributed by atoms with Crippen LogP contribution in [0, 0.1) is 11.8 Å². The van der Waals surface area contributed by atoms with Crippen LogP contribution in [0.4, 0.5) is 11.4 Å². The molecule has 5 nitrogen and oxygen atoms in total. The molecule has 192 valence electrons. The van der Waals surface area contributed by atoms with E-state index in [1.807, 2.05) is 84.9 Å². The van der Waals surface area contributed by atoms with E-state index in [9.17, 15) is 0 Å². The maximum absolute atomic E-state index is 6.64. The van der Waals surface area contributed by atoms with Crippen molar-refractivity contribution >= 4 is 11.4 Å². The number of hydrogen-bond donors (Lipinski definition) is 2. The lowest BCUT2D eigenvalue weighted by Gasteiger charge is -2.21. The van der Waals surface area contributed by atoms with E-state index < -0.39 is 0 Å². The monoisotopic (exact) mass is 496 g/mol. The van der Waals surface area contributed by atoms with Crippen LogP contribution in [0.5, 0.6) is 34.5 Å². The Balaban J connectivity index is 1.72. The van der Waals surface area contributed by atoms with Gasteiger partial charge in [-0.1, -0.05) is 52.0 Å². The predicted octanol–water partition coefficient (Wildman–Crippen LogP) is 8.62. The summed E-state index contributed by atoms with van der Waals surface area (Å²) in [5.74, 6) is 5.24. The smallest absolute Gasteiger partial charge is 0.134 e. The van der Waals surface area contributed by atoms with Crippen LogP contribution in [-0.4, -0.2) is 0 Å². The molecule has 0 atom stereocenters. The summed E-state index contributed by atoms with van der Waals surface area (Å²) < 4.78 is 19.2. The molecule has 4 rings (SSSR count). The Morgan fingerprint density at radius 2 is 0.865 bits per heavy atom. The summed E-state index contributed by atoms with van der Waals surface area (Å²) in [6.07, 6.45) is 1.60. The first-order valence-electron chi connectivity index (χ1n) is 12.8. The lowest BCUT2D eigenvalue weighted by molar-refractivity contribution is 0.426. The summed E-state index contributed by atoms with van der Waals surface area (Å²) >= 11 is 0. The highest BCUT2D eigenvalue weighted by molar-refractivity contribution is 5.54. The van der Waals surface area contributed by atoms with E-state index in [0.717, 1.165) is 47.0 Å². The summed E-state index contributed by atoms with van der Waals surface area (Å²) in [7, 11) is 0. The molecule has 37 heavy (non-hydrogen) atoms.